The lowest BCUT2D eigenvalue weighted by Gasteiger charge is -2.12. The van der Waals surface area contributed by atoms with Crippen LogP contribution in [-0.4, -0.2) is 5.78 Å². The number of Topliss-reactive ketones (excluding diaryl/α,β-unsaturated/α-hetero) is 1. The minimum absolute atomic E-state index is 0.425. The zero-order chi connectivity index (χ0) is 10.9. The second-order valence-electron chi connectivity index (χ2n) is 4.97. The van der Waals surface area contributed by atoms with E-state index in [2.05, 4.69) is 6.92 Å². The third kappa shape index (κ3) is 5.34. The Morgan fingerprint density at radius 2 is 1.67 bits per heavy atom. The highest BCUT2D eigenvalue weighted by atomic mass is 16.1. The maximum absolute atomic E-state index is 11.9. The Hall–Kier alpha value is -0.330. The van der Waals surface area contributed by atoms with Gasteiger partial charge in [0.25, 0.3) is 0 Å². The van der Waals surface area contributed by atoms with Gasteiger partial charge in [0.15, 0.2) is 0 Å². The molecule has 1 heteroatoms. The molecule has 15 heavy (non-hydrogen) atoms. The van der Waals surface area contributed by atoms with E-state index in [0.717, 1.165) is 12.8 Å². The molecule has 0 bridgehead atoms. The average molecular weight is 210 g/mol. The van der Waals surface area contributed by atoms with Gasteiger partial charge in [-0.05, 0) is 19.3 Å². The van der Waals surface area contributed by atoms with E-state index in [0.29, 0.717) is 11.7 Å². The molecule has 0 aliphatic heterocycles. The number of ketones is 1. The first-order chi connectivity index (χ1) is 7.34. The molecule has 1 nitrogen and oxygen atoms in total. The Labute approximate surface area is 94.6 Å². The molecule has 1 aliphatic carbocycles. The van der Waals surface area contributed by atoms with Crippen LogP contribution in [0.2, 0.25) is 0 Å². The zero-order valence-corrected chi connectivity index (χ0v) is 10.3. The number of carbonyl (C=O) groups is 1. The number of rotatable bonds is 6. The van der Waals surface area contributed by atoms with Crippen LogP contribution in [0.25, 0.3) is 0 Å². The number of carbonyl (C=O) groups excluding carboxylic acids is 1. The Balaban J connectivity index is 2.14. The van der Waals surface area contributed by atoms with Crippen LogP contribution in [0.4, 0.5) is 0 Å². The maximum Gasteiger partial charge on any atom is 0.135 e. The first kappa shape index (κ1) is 12.7. The molecule has 0 radical (unpaired) electrons. The summed E-state index contributed by atoms with van der Waals surface area (Å²) in [7, 11) is 0. The molecule has 0 N–H and O–H groups in total. The third-order valence-electron chi connectivity index (χ3n) is 3.59. The molecule has 0 aromatic carbocycles. The lowest BCUT2D eigenvalue weighted by atomic mass is 9.92. The Morgan fingerprint density at radius 3 is 2.27 bits per heavy atom. The Bertz CT molecular complexity index is 166. The first-order valence-corrected chi connectivity index (χ1v) is 6.87. The topological polar surface area (TPSA) is 17.1 Å². The second kappa shape index (κ2) is 7.90. The van der Waals surface area contributed by atoms with E-state index in [-0.39, 0.29) is 0 Å². The third-order valence-corrected chi connectivity index (χ3v) is 3.59. The quantitative estimate of drug-likeness (QED) is 0.466. The minimum atomic E-state index is 0.425. The van der Waals surface area contributed by atoms with Crippen molar-refractivity contribution in [3.63, 3.8) is 0 Å². The van der Waals surface area contributed by atoms with Crippen molar-refractivity contribution in [1.82, 2.24) is 0 Å². The lowest BCUT2D eigenvalue weighted by Crippen LogP contribution is -2.13. The SMILES string of the molecule is CCCCCCC(=O)C1CCCCCC1. The summed E-state index contributed by atoms with van der Waals surface area (Å²) in [6.07, 6.45) is 13.4. The molecule has 1 saturated carbocycles. The fraction of sp³-hybridized carbons (Fsp3) is 0.929. The van der Waals surface area contributed by atoms with Gasteiger partial charge in [0.2, 0.25) is 0 Å². The molecular formula is C14H26O. The molecule has 0 unspecified atom stereocenters. The van der Waals surface area contributed by atoms with Crippen LogP contribution in [0, 0.1) is 5.92 Å². The van der Waals surface area contributed by atoms with Crippen molar-refractivity contribution in [2.75, 3.05) is 0 Å². The van der Waals surface area contributed by atoms with Crippen LogP contribution in [0.3, 0.4) is 0 Å². The normalized spacial score (nSPS) is 18.7. The molecular weight excluding hydrogens is 184 g/mol. The zero-order valence-electron chi connectivity index (χ0n) is 10.3. The van der Waals surface area contributed by atoms with E-state index in [4.69, 9.17) is 0 Å². The van der Waals surface area contributed by atoms with Gasteiger partial charge in [0, 0.05) is 12.3 Å². The molecule has 1 rings (SSSR count). The van der Waals surface area contributed by atoms with Crippen molar-refractivity contribution in [3.05, 3.63) is 0 Å². The van der Waals surface area contributed by atoms with Crippen LogP contribution in [-0.2, 0) is 4.79 Å². The largest absolute Gasteiger partial charge is 0.299 e. The van der Waals surface area contributed by atoms with Crippen molar-refractivity contribution in [3.8, 4) is 0 Å². The van der Waals surface area contributed by atoms with Crippen LogP contribution >= 0.6 is 0 Å². The number of hydrogen-bond donors (Lipinski definition) is 0. The van der Waals surface area contributed by atoms with Crippen LogP contribution < -0.4 is 0 Å². The highest BCUT2D eigenvalue weighted by molar-refractivity contribution is 5.80. The molecule has 0 aromatic rings. The highest BCUT2D eigenvalue weighted by Crippen LogP contribution is 2.25. The molecule has 0 atom stereocenters. The summed E-state index contributed by atoms with van der Waals surface area (Å²) >= 11 is 0. The Kier molecular flexibility index (Phi) is 6.71. The predicted molar refractivity (Wildman–Crippen MR) is 65.0 cm³/mol. The summed E-state index contributed by atoms with van der Waals surface area (Å²) < 4.78 is 0. The molecule has 1 aliphatic rings. The first-order valence-electron chi connectivity index (χ1n) is 6.87. The summed E-state index contributed by atoms with van der Waals surface area (Å²) in [6.45, 7) is 2.22. The van der Waals surface area contributed by atoms with E-state index in [1.165, 1.54) is 57.8 Å². The van der Waals surface area contributed by atoms with Crippen LogP contribution in [0.1, 0.15) is 77.6 Å². The van der Waals surface area contributed by atoms with Crippen molar-refractivity contribution in [1.29, 1.82) is 0 Å². The summed E-state index contributed by atoms with van der Waals surface area (Å²) in [6, 6.07) is 0. The van der Waals surface area contributed by atoms with Crippen molar-refractivity contribution in [2.45, 2.75) is 77.6 Å². The molecule has 0 spiro atoms. The average Bonchev–Trinajstić information content (AvgIpc) is 2.52. The fourth-order valence-electron chi connectivity index (χ4n) is 2.53. The van der Waals surface area contributed by atoms with Gasteiger partial charge in [-0.15, -0.1) is 0 Å². The van der Waals surface area contributed by atoms with Crippen LogP contribution in [0.15, 0.2) is 0 Å². The number of unbranched alkanes of at least 4 members (excludes halogenated alkanes) is 3. The van der Waals surface area contributed by atoms with Gasteiger partial charge in [-0.25, -0.2) is 0 Å². The highest BCUT2D eigenvalue weighted by Gasteiger charge is 2.18. The van der Waals surface area contributed by atoms with E-state index >= 15 is 0 Å². The van der Waals surface area contributed by atoms with Gasteiger partial charge in [0.1, 0.15) is 5.78 Å². The van der Waals surface area contributed by atoms with E-state index in [9.17, 15) is 4.79 Å². The van der Waals surface area contributed by atoms with Crippen molar-refractivity contribution >= 4 is 5.78 Å². The smallest absolute Gasteiger partial charge is 0.135 e. The molecule has 0 heterocycles. The molecule has 0 aromatic heterocycles. The molecule has 1 fully saturated rings. The van der Waals surface area contributed by atoms with Gasteiger partial charge in [-0.1, -0.05) is 51.9 Å². The summed E-state index contributed by atoms with van der Waals surface area (Å²) in [5.74, 6) is 0.988. The van der Waals surface area contributed by atoms with E-state index in [1.54, 1.807) is 0 Å². The lowest BCUT2D eigenvalue weighted by molar-refractivity contribution is -0.123. The minimum Gasteiger partial charge on any atom is -0.299 e. The molecule has 88 valence electrons. The Morgan fingerprint density at radius 1 is 1.00 bits per heavy atom. The summed E-state index contributed by atoms with van der Waals surface area (Å²) in [4.78, 5) is 11.9. The molecule has 0 saturated heterocycles. The number of hydrogen-bond acceptors (Lipinski definition) is 1. The predicted octanol–water partition coefficient (Wildman–Crippen LogP) is 4.50. The second-order valence-corrected chi connectivity index (χ2v) is 4.97. The summed E-state index contributed by atoms with van der Waals surface area (Å²) in [5.41, 5.74) is 0. The fourth-order valence-corrected chi connectivity index (χ4v) is 2.53. The van der Waals surface area contributed by atoms with Gasteiger partial charge >= 0.3 is 0 Å². The van der Waals surface area contributed by atoms with Crippen molar-refractivity contribution in [2.24, 2.45) is 5.92 Å². The van der Waals surface area contributed by atoms with Gasteiger partial charge in [-0.2, -0.15) is 0 Å². The van der Waals surface area contributed by atoms with E-state index in [1.807, 2.05) is 0 Å². The van der Waals surface area contributed by atoms with Crippen molar-refractivity contribution < 1.29 is 4.79 Å². The maximum atomic E-state index is 11.9. The van der Waals surface area contributed by atoms with Gasteiger partial charge < -0.3 is 0 Å². The molecule has 0 amide bonds. The van der Waals surface area contributed by atoms with E-state index < -0.39 is 0 Å². The van der Waals surface area contributed by atoms with Gasteiger partial charge in [0.05, 0.1) is 0 Å². The summed E-state index contributed by atoms with van der Waals surface area (Å²) in [5, 5.41) is 0. The monoisotopic (exact) mass is 210 g/mol. The standard InChI is InChI=1S/C14H26O/c1-2-3-4-9-12-14(15)13-10-7-5-6-8-11-13/h13H,2-12H2,1H3. The van der Waals surface area contributed by atoms with Gasteiger partial charge in [-0.3, -0.25) is 4.79 Å². The van der Waals surface area contributed by atoms with Crippen LogP contribution in [0.5, 0.6) is 0 Å².